The van der Waals surface area contributed by atoms with Crippen LogP contribution < -0.4 is 10.1 Å². The second-order valence-corrected chi connectivity index (χ2v) is 6.40. The minimum absolute atomic E-state index is 0.0832. The van der Waals surface area contributed by atoms with Gasteiger partial charge < -0.3 is 14.2 Å². The van der Waals surface area contributed by atoms with E-state index in [-0.39, 0.29) is 29.0 Å². The van der Waals surface area contributed by atoms with Gasteiger partial charge in [0.2, 0.25) is 0 Å². The van der Waals surface area contributed by atoms with Crippen LogP contribution >= 0.6 is 23.2 Å². The lowest BCUT2D eigenvalue weighted by Crippen LogP contribution is -2.27. The lowest BCUT2D eigenvalue weighted by molar-refractivity contribution is -0.141. The van der Waals surface area contributed by atoms with Gasteiger partial charge in [-0.3, -0.25) is 10.1 Å². The molecular formula is C15H19Cl2NO5. The maximum Gasteiger partial charge on any atom is 0.412 e. The standard InChI is InChI=1S/C15H19Cl2NO5/c1-9(19)21-5-6-22-13-11(16)7-10(8-12(13)17)18-14(20)23-15(2,3)4/h7-8H,5-6H2,1-4H3,(H,18,20). The summed E-state index contributed by atoms with van der Waals surface area (Å²) in [4.78, 5) is 22.4. The first kappa shape index (κ1) is 19.4. The molecule has 128 valence electrons. The number of nitrogens with one attached hydrogen (secondary N) is 1. The van der Waals surface area contributed by atoms with Crippen LogP contribution in [-0.4, -0.2) is 30.9 Å². The van der Waals surface area contributed by atoms with Gasteiger partial charge in [-0.25, -0.2) is 4.79 Å². The van der Waals surface area contributed by atoms with Gasteiger partial charge in [-0.1, -0.05) is 23.2 Å². The minimum atomic E-state index is -0.617. The first-order valence-corrected chi connectivity index (χ1v) is 7.59. The number of hydrogen-bond acceptors (Lipinski definition) is 5. The van der Waals surface area contributed by atoms with Gasteiger partial charge in [-0.05, 0) is 32.9 Å². The van der Waals surface area contributed by atoms with Crippen molar-refractivity contribution in [2.75, 3.05) is 18.5 Å². The maximum atomic E-state index is 11.7. The van der Waals surface area contributed by atoms with Crippen LogP contribution in [0.25, 0.3) is 0 Å². The SMILES string of the molecule is CC(=O)OCCOc1c(Cl)cc(NC(=O)OC(C)(C)C)cc1Cl. The predicted octanol–water partition coefficient (Wildman–Crippen LogP) is 4.28. The summed E-state index contributed by atoms with van der Waals surface area (Å²) in [5, 5.41) is 2.96. The number of hydrogen-bond donors (Lipinski definition) is 1. The Bertz CT molecular complexity index is 561. The molecule has 1 amide bonds. The van der Waals surface area contributed by atoms with E-state index in [0.717, 1.165) is 0 Å². The summed E-state index contributed by atoms with van der Waals surface area (Å²) in [6, 6.07) is 2.97. The van der Waals surface area contributed by atoms with Crippen LogP contribution in [0.15, 0.2) is 12.1 Å². The highest BCUT2D eigenvalue weighted by Gasteiger charge is 2.17. The van der Waals surface area contributed by atoms with Crippen LogP contribution in [0.4, 0.5) is 10.5 Å². The van der Waals surface area contributed by atoms with E-state index in [4.69, 9.17) is 37.4 Å². The normalized spacial score (nSPS) is 10.9. The number of benzene rings is 1. The number of esters is 1. The molecule has 1 rings (SSSR count). The number of rotatable bonds is 5. The number of anilines is 1. The zero-order chi connectivity index (χ0) is 17.6. The fourth-order valence-corrected chi connectivity index (χ4v) is 2.12. The van der Waals surface area contributed by atoms with Crippen LogP contribution in [0.2, 0.25) is 10.0 Å². The highest BCUT2D eigenvalue weighted by Crippen LogP contribution is 2.36. The summed E-state index contributed by atoms with van der Waals surface area (Å²) in [5.74, 6) is -0.155. The summed E-state index contributed by atoms with van der Waals surface area (Å²) in [7, 11) is 0. The monoisotopic (exact) mass is 363 g/mol. The Morgan fingerprint density at radius 2 is 1.70 bits per heavy atom. The molecule has 0 atom stereocenters. The van der Waals surface area contributed by atoms with Gasteiger partial charge in [0.15, 0.2) is 5.75 Å². The van der Waals surface area contributed by atoms with Crippen molar-refractivity contribution in [2.45, 2.75) is 33.3 Å². The molecule has 0 unspecified atom stereocenters. The molecule has 0 saturated carbocycles. The Labute approximate surface area is 145 Å². The molecular weight excluding hydrogens is 345 g/mol. The fourth-order valence-electron chi connectivity index (χ4n) is 1.52. The number of halogens is 2. The van der Waals surface area contributed by atoms with E-state index in [1.807, 2.05) is 0 Å². The molecule has 0 radical (unpaired) electrons. The van der Waals surface area contributed by atoms with Crippen LogP contribution in [0.5, 0.6) is 5.75 Å². The highest BCUT2D eigenvalue weighted by molar-refractivity contribution is 6.37. The quantitative estimate of drug-likeness (QED) is 0.624. The topological polar surface area (TPSA) is 73.9 Å². The smallest absolute Gasteiger partial charge is 0.412 e. The summed E-state index contributed by atoms with van der Waals surface area (Å²) in [6.45, 7) is 6.76. The average Bonchev–Trinajstić information content (AvgIpc) is 2.33. The summed E-state index contributed by atoms with van der Waals surface area (Å²) >= 11 is 12.2. The summed E-state index contributed by atoms with van der Waals surface area (Å²) in [6.07, 6.45) is -0.617. The molecule has 0 fully saturated rings. The molecule has 0 aliphatic carbocycles. The summed E-state index contributed by atoms with van der Waals surface area (Å²) < 4.78 is 15.3. The average molecular weight is 364 g/mol. The predicted molar refractivity (Wildman–Crippen MR) is 88.4 cm³/mol. The van der Waals surface area contributed by atoms with Crippen molar-refractivity contribution < 1.29 is 23.8 Å². The zero-order valence-corrected chi connectivity index (χ0v) is 14.9. The highest BCUT2D eigenvalue weighted by atomic mass is 35.5. The van der Waals surface area contributed by atoms with Gasteiger partial charge in [0, 0.05) is 12.6 Å². The van der Waals surface area contributed by atoms with E-state index in [0.29, 0.717) is 5.69 Å². The largest absolute Gasteiger partial charge is 0.487 e. The van der Waals surface area contributed by atoms with Crippen LogP contribution in [0.3, 0.4) is 0 Å². The molecule has 0 aliphatic rings. The maximum absolute atomic E-state index is 11.7. The van der Waals surface area contributed by atoms with Crippen LogP contribution in [-0.2, 0) is 14.3 Å². The van der Waals surface area contributed by atoms with Crippen molar-refractivity contribution >= 4 is 41.0 Å². The molecule has 0 saturated heterocycles. The lowest BCUT2D eigenvalue weighted by Gasteiger charge is -2.20. The molecule has 0 aromatic heterocycles. The van der Waals surface area contributed by atoms with Gasteiger partial charge in [-0.2, -0.15) is 0 Å². The van der Waals surface area contributed by atoms with Crippen molar-refractivity contribution in [3.8, 4) is 5.75 Å². The van der Waals surface area contributed by atoms with Gasteiger partial charge in [0.1, 0.15) is 18.8 Å². The minimum Gasteiger partial charge on any atom is -0.487 e. The Hall–Kier alpha value is -1.66. The molecule has 0 aliphatic heterocycles. The zero-order valence-electron chi connectivity index (χ0n) is 13.4. The number of amides is 1. The Morgan fingerprint density at radius 1 is 1.13 bits per heavy atom. The number of ether oxygens (including phenoxy) is 3. The van der Waals surface area contributed by atoms with Crippen LogP contribution in [0.1, 0.15) is 27.7 Å². The van der Waals surface area contributed by atoms with E-state index in [2.05, 4.69) is 5.32 Å². The first-order valence-electron chi connectivity index (χ1n) is 6.83. The second-order valence-electron chi connectivity index (χ2n) is 5.58. The van der Waals surface area contributed by atoms with E-state index in [1.165, 1.54) is 19.1 Å². The van der Waals surface area contributed by atoms with E-state index in [1.54, 1.807) is 20.8 Å². The van der Waals surface area contributed by atoms with E-state index in [9.17, 15) is 9.59 Å². The molecule has 1 N–H and O–H groups in total. The van der Waals surface area contributed by atoms with Crippen molar-refractivity contribution in [1.82, 2.24) is 0 Å². The molecule has 1 aromatic carbocycles. The van der Waals surface area contributed by atoms with Crippen LogP contribution in [0, 0.1) is 0 Å². The van der Waals surface area contributed by atoms with E-state index >= 15 is 0 Å². The van der Waals surface area contributed by atoms with E-state index < -0.39 is 17.7 Å². The van der Waals surface area contributed by atoms with Crippen molar-refractivity contribution in [1.29, 1.82) is 0 Å². The molecule has 0 spiro atoms. The van der Waals surface area contributed by atoms with Gasteiger partial charge in [-0.15, -0.1) is 0 Å². The molecule has 23 heavy (non-hydrogen) atoms. The summed E-state index contributed by atoms with van der Waals surface area (Å²) in [5.41, 5.74) is -0.237. The Balaban J connectivity index is 2.69. The molecule has 0 bridgehead atoms. The van der Waals surface area contributed by atoms with Crippen molar-refractivity contribution in [2.24, 2.45) is 0 Å². The molecule has 0 heterocycles. The van der Waals surface area contributed by atoms with Crippen molar-refractivity contribution in [3.05, 3.63) is 22.2 Å². The third kappa shape index (κ3) is 7.43. The third-order valence-corrected chi connectivity index (χ3v) is 2.84. The van der Waals surface area contributed by atoms with Crippen molar-refractivity contribution in [3.63, 3.8) is 0 Å². The fraction of sp³-hybridized carbons (Fsp3) is 0.467. The number of carbonyl (C=O) groups excluding carboxylic acids is 2. The third-order valence-electron chi connectivity index (χ3n) is 2.28. The van der Waals surface area contributed by atoms with Gasteiger partial charge in [0.25, 0.3) is 0 Å². The first-order chi connectivity index (χ1) is 10.6. The van der Waals surface area contributed by atoms with Gasteiger partial charge in [0.05, 0.1) is 10.0 Å². The Kier molecular flexibility index (Phi) is 6.97. The van der Waals surface area contributed by atoms with Gasteiger partial charge >= 0.3 is 12.1 Å². The molecule has 6 nitrogen and oxygen atoms in total. The Morgan fingerprint density at radius 3 is 2.17 bits per heavy atom. The molecule has 1 aromatic rings. The second kappa shape index (κ2) is 8.26. The number of carbonyl (C=O) groups is 2. The molecule has 8 heteroatoms. The lowest BCUT2D eigenvalue weighted by atomic mass is 10.2.